The summed E-state index contributed by atoms with van der Waals surface area (Å²) in [7, 11) is 0. The van der Waals surface area contributed by atoms with Gasteiger partial charge >= 0.3 is 6.18 Å². The summed E-state index contributed by atoms with van der Waals surface area (Å²) in [4.78, 5) is 4.15. The molecule has 2 N–H and O–H groups in total. The summed E-state index contributed by atoms with van der Waals surface area (Å²) in [5.74, 6) is 0.474. The molecule has 102 valence electrons. The van der Waals surface area contributed by atoms with Crippen LogP contribution in [0.15, 0.2) is 30.6 Å². The van der Waals surface area contributed by atoms with Crippen molar-refractivity contribution < 1.29 is 13.2 Å². The van der Waals surface area contributed by atoms with E-state index in [1.54, 1.807) is 10.9 Å². The van der Waals surface area contributed by atoms with Crippen molar-refractivity contribution in [3.63, 3.8) is 0 Å². The fourth-order valence-corrected chi connectivity index (χ4v) is 1.85. The van der Waals surface area contributed by atoms with Crippen molar-refractivity contribution in [2.24, 2.45) is 0 Å². The summed E-state index contributed by atoms with van der Waals surface area (Å²) in [6.45, 7) is 2.75. The zero-order chi connectivity index (χ0) is 14.0. The van der Waals surface area contributed by atoms with E-state index < -0.39 is 11.7 Å². The number of benzene rings is 1. The highest BCUT2D eigenvalue weighted by Gasteiger charge is 2.30. The molecule has 0 radical (unpaired) electrons. The van der Waals surface area contributed by atoms with Gasteiger partial charge in [0, 0.05) is 12.1 Å². The molecule has 0 atom stereocenters. The normalized spacial score (nSPS) is 11.8. The van der Waals surface area contributed by atoms with Gasteiger partial charge in [0.15, 0.2) is 0 Å². The Morgan fingerprint density at radius 1 is 1.21 bits per heavy atom. The Hall–Kier alpha value is -1.98. The van der Waals surface area contributed by atoms with E-state index in [2.05, 4.69) is 4.98 Å². The van der Waals surface area contributed by atoms with Gasteiger partial charge in [0.2, 0.25) is 0 Å². The SMILES string of the molecule is CCCn1cnc(-c2ccc(C(F)(F)F)cc2)c1N. The molecule has 1 aromatic carbocycles. The number of nitrogen functional groups attached to an aromatic ring is 1. The van der Waals surface area contributed by atoms with E-state index in [1.165, 1.54) is 12.1 Å². The highest BCUT2D eigenvalue weighted by molar-refractivity contribution is 5.70. The summed E-state index contributed by atoms with van der Waals surface area (Å²) in [6.07, 6.45) is -1.81. The third kappa shape index (κ3) is 2.72. The van der Waals surface area contributed by atoms with Gasteiger partial charge in [-0.2, -0.15) is 13.2 Å². The Morgan fingerprint density at radius 3 is 2.37 bits per heavy atom. The molecule has 0 unspecified atom stereocenters. The minimum absolute atomic E-state index is 0.474. The molecule has 0 aliphatic rings. The quantitative estimate of drug-likeness (QED) is 0.925. The molecule has 0 fully saturated rings. The van der Waals surface area contributed by atoms with Crippen molar-refractivity contribution in [2.45, 2.75) is 26.1 Å². The molecule has 0 aliphatic heterocycles. The molecule has 2 rings (SSSR count). The molecule has 3 nitrogen and oxygen atoms in total. The molecule has 0 aliphatic carbocycles. The number of alkyl halides is 3. The molecular weight excluding hydrogens is 255 g/mol. The van der Waals surface area contributed by atoms with E-state index in [1.807, 2.05) is 6.92 Å². The van der Waals surface area contributed by atoms with Crippen molar-refractivity contribution in [1.82, 2.24) is 9.55 Å². The Morgan fingerprint density at radius 2 is 1.84 bits per heavy atom. The summed E-state index contributed by atoms with van der Waals surface area (Å²) >= 11 is 0. The van der Waals surface area contributed by atoms with Crippen LogP contribution in [0.3, 0.4) is 0 Å². The second-order valence-electron chi connectivity index (χ2n) is 4.25. The topological polar surface area (TPSA) is 43.8 Å². The maximum atomic E-state index is 12.5. The van der Waals surface area contributed by atoms with Gasteiger partial charge in [-0.25, -0.2) is 4.98 Å². The van der Waals surface area contributed by atoms with Crippen LogP contribution in [0.5, 0.6) is 0 Å². The lowest BCUT2D eigenvalue weighted by molar-refractivity contribution is -0.137. The van der Waals surface area contributed by atoms with Gasteiger partial charge in [0.05, 0.1) is 11.9 Å². The zero-order valence-electron chi connectivity index (χ0n) is 10.4. The van der Waals surface area contributed by atoms with Crippen molar-refractivity contribution >= 4 is 5.82 Å². The second-order valence-corrected chi connectivity index (χ2v) is 4.25. The van der Waals surface area contributed by atoms with E-state index in [9.17, 15) is 13.2 Å². The lowest BCUT2D eigenvalue weighted by atomic mass is 10.1. The molecule has 0 bridgehead atoms. The number of aromatic nitrogens is 2. The minimum atomic E-state index is -4.33. The highest BCUT2D eigenvalue weighted by atomic mass is 19.4. The van der Waals surface area contributed by atoms with Crippen molar-refractivity contribution in [2.75, 3.05) is 5.73 Å². The van der Waals surface area contributed by atoms with Crippen LogP contribution in [0.1, 0.15) is 18.9 Å². The van der Waals surface area contributed by atoms with E-state index in [4.69, 9.17) is 5.73 Å². The van der Waals surface area contributed by atoms with Gasteiger partial charge in [-0.05, 0) is 18.6 Å². The van der Waals surface area contributed by atoms with Gasteiger partial charge < -0.3 is 10.3 Å². The fraction of sp³-hybridized carbons (Fsp3) is 0.308. The van der Waals surface area contributed by atoms with Crippen LogP contribution in [0.4, 0.5) is 19.0 Å². The number of anilines is 1. The first-order chi connectivity index (χ1) is 8.93. The number of hydrogen-bond donors (Lipinski definition) is 1. The average Bonchev–Trinajstić information content (AvgIpc) is 2.71. The molecule has 6 heteroatoms. The third-order valence-corrected chi connectivity index (χ3v) is 2.83. The van der Waals surface area contributed by atoms with E-state index in [0.717, 1.165) is 25.1 Å². The van der Waals surface area contributed by atoms with Gasteiger partial charge in [-0.3, -0.25) is 0 Å². The zero-order valence-corrected chi connectivity index (χ0v) is 10.4. The first kappa shape index (κ1) is 13.5. The minimum Gasteiger partial charge on any atom is -0.383 e. The Labute approximate surface area is 108 Å². The van der Waals surface area contributed by atoms with Crippen LogP contribution >= 0.6 is 0 Å². The first-order valence-corrected chi connectivity index (χ1v) is 5.91. The molecule has 1 heterocycles. The summed E-state index contributed by atoms with van der Waals surface area (Å²) in [5, 5.41) is 0. The molecule has 2 aromatic rings. The number of nitrogens with two attached hydrogens (primary N) is 1. The van der Waals surface area contributed by atoms with Crippen LogP contribution in [-0.4, -0.2) is 9.55 Å². The summed E-state index contributed by atoms with van der Waals surface area (Å²) < 4.78 is 39.2. The second kappa shape index (κ2) is 4.95. The lowest BCUT2D eigenvalue weighted by Crippen LogP contribution is -2.04. The van der Waals surface area contributed by atoms with Gasteiger partial charge in [0.1, 0.15) is 11.5 Å². The summed E-state index contributed by atoms with van der Waals surface area (Å²) in [6, 6.07) is 4.84. The maximum absolute atomic E-state index is 12.5. The number of halogens is 3. The Kier molecular flexibility index (Phi) is 3.50. The van der Waals surface area contributed by atoms with Gasteiger partial charge in [-0.15, -0.1) is 0 Å². The molecule has 19 heavy (non-hydrogen) atoms. The van der Waals surface area contributed by atoms with Crippen molar-refractivity contribution in [1.29, 1.82) is 0 Å². The van der Waals surface area contributed by atoms with Crippen molar-refractivity contribution in [3.05, 3.63) is 36.2 Å². The maximum Gasteiger partial charge on any atom is 0.416 e. The largest absolute Gasteiger partial charge is 0.416 e. The van der Waals surface area contributed by atoms with Crippen molar-refractivity contribution in [3.8, 4) is 11.3 Å². The highest BCUT2D eigenvalue weighted by Crippen LogP contribution is 2.31. The van der Waals surface area contributed by atoms with Crippen LogP contribution in [0.2, 0.25) is 0 Å². The number of aryl methyl sites for hydroxylation is 1. The number of imidazole rings is 1. The van der Waals surface area contributed by atoms with E-state index >= 15 is 0 Å². The standard InChI is InChI=1S/C13H14F3N3/c1-2-7-19-8-18-11(12(19)17)9-3-5-10(6-4-9)13(14,15)16/h3-6,8H,2,7,17H2,1H3. The predicted molar refractivity (Wildman–Crippen MR) is 67.4 cm³/mol. The summed E-state index contributed by atoms with van der Waals surface area (Å²) in [5.41, 5.74) is 6.35. The van der Waals surface area contributed by atoms with Gasteiger partial charge in [0.25, 0.3) is 0 Å². The van der Waals surface area contributed by atoms with Crippen LogP contribution in [-0.2, 0) is 12.7 Å². The van der Waals surface area contributed by atoms with E-state index in [-0.39, 0.29) is 0 Å². The van der Waals surface area contributed by atoms with Gasteiger partial charge in [-0.1, -0.05) is 19.1 Å². The predicted octanol–water partition coefficient (Wildman–Crippen LogP) is 3.56. The number of nitrogens with zero attached hydrogens (tertiary/aromatic N) is 2. The molecular formula is C13H14F3N3. The molecule has 1 aromatic heterocycles. The first-order valence-electron chi connectivity index (χ1n) is 5.91. The number of rotatable bonds is 3. The third-order valence-electron chi connectivity index (χ3n) is 2.83. The fourth-order valence-electron chi connectivity index (χ4n) is 1.85. The Balaban J connectivity index is 2.32. The molecule has 0 spiro atoms. The molecule has 0 saturated carbocycles. The van der Waals surface area contributed by atoms with Crippen LogP contribution < -0.4 is 5.73 Å². The lowest BCUT2D eigenvalue weighted by Gasteiger charge is -2.07. The van der Waals surface area contributed by atoms with E-state index in [0.29, 0.717) is 17.1 Å². The molecule has 0 saturated heterocycles. The molecule has 0 amide bonds. The monoisotopic (exact) mass is 269 g/mol. The van der Waals surface area contributed by atoms with Crippen LogP contribution in [0.25, 0.3) is 11.3 Å². The van der Waals surface area contributed by atoms with Crippen LogP contribution in [0, 0.1) is 0 Å². The average molecular weight is 269 g/mol. The number of hydrogen-bond acceptors (Lipinski definition) is 2. The Bertz CT molecular complexity index is 556. The smallest absolute Gasteiger partial charge is 0.383 e.